The van der Waals surface area contributed by atoms with E-state index < -0.39 is 41.9 Å². The molecule has 0 saturated carbocycles. The highest BCUT2D eigenvalue weighted by Crippen LogP contribution is 2.08. The predicted molar refractivity (Wildman–Crippen MR) is 107 cm³/mol. The van der Waals surface area contributed by atoms with Crippen LogP contribution in [0.2, 0.25) is 0 Å². The number of nitrogens with zero attached hydrogens (tertiary/aromatic N) is 1. The largest absolute Gasteiger partial charge is 0.475 e. The van der Waals surface area contributed by atoms with Gasteiger partial charge in [0.1, 0.15) is 12.3 Å². The van der Waals surface area contributed by atoms with Crippen LogP contribution in [0.1, 0.15) is 43.5 Å². The minimum absolute atomic E-state index is 0.0837. The third kappa shape index (κ3) is 9.38. The Morgan fingerprint density at radius 3 is 2.57 bits per heavy atom. The van der Waals surface area contributed by atoms with E-state index in [0.29, 0.717) is 6.42 Å². The van der Waals surface area contributed by atoms with Gasteiger partial charge in [0.25, 0.3) is 11.9 Å². The van der Waals surface area contributed by atoms with E-state index in [1.54, 1.807) is 5.43 Å². The van der Waals surface area contributed by atoms with Gasteiger partial charge in [-0.2, -0.15) is 0 Å². The fourth-order valence-corrected chi connectivity index (χ4v) is 2.60. The third-order valence-corrected chi connectivity index (χ3v) is 3.99. The molecule has 1 aromatic heterocycles. The zero-order valence-electron chi connectivity index (χ0n) is 16.8. The maximum Gasteiger partial charge on any atom is 0.475 e. The van der Waals surface area contributed by atoms with Crippen molar-refractivity contribution in [3.05, 3.63) is 34.3 Å². The maximum atomic E-state index is 12.7. The molecule has 0 radical (unpaired) electrons. The first kappa shape index (κ1) is 24.9. The molecule has 1 rings (SSSR count). The Hall–Kier alpha value is -3.13. The summed E-state index contributed by atoms with van der Waals surface area (Å²) in [5, 5.41) is 43.3. The molecule has 13 nitrogen and oxygen atoms in total. The first-order valence-corrected chi connectivity index (χ1v) is 9.33. The smallest absolute Gasteiger partial charge is 0.472 e. The number of nitro groups is 1. The Labute approximate surface area is 173 Å². The molecule has 0 aliphatic rings. The van der Waals surface area contributed by atoms with Crippen molar-refractivity contribution in [3.63, 3.8) is 0 Å². The zero-order valence-corrected chi connectivity index (χ0v) is 16.8. The molecule has 14 heteroatoms. The van der Waals surface area contributed by atoms with Crippen molar-refractivity contribution in [2.45, 2.75) is 45.1 Å². The average molecular weight is 426 g/mol. The second-order valence-electron chi connectivity index (χ2n) is 7.01. The van der Waals surface area contributed by atoms with E-state index in [2.05, 4.69) is 16.0 Å². The van der Waals surface area contributed by atoms with Gasteiger partial charge in [0.2, 0.25) is 5.91 Å². The fraction of sp³-hybridized carbons (Fsp3) is 0.562. The lowest BCUT2D eigenvalue weighted by Gasteiger charge is -2.24. The third-order valence-electron chi connectivity index (χ3n) is 3.99. The lowest BCUT2D eigenvalue weighted by molar-refractivity contribution is -0.525. The van der Waals surface area contributed by atoms with Crippen LogP contribution in [-0.2, 0) is 4.79 Å². The first-order chi connectivity index (χ1) is 14.1. The van der Waals surface area contributed by atoms with Crippen LogP contribution in [0.3, 0.4) is 0 Å². The van der Waals surface area contributed by atoms with Crippen molar-refractivity contribution in [1.82, 2.24) is 21.4 Å². The number of carbonyl (C=O) groups excluding carboxylic acids is 2. The Balaban J connectivity index is 2.73. The Bertz CT molecular complexity index is 713. The molecule has 0 aromatic carbocycles. The van der Waals surface area contributed by atoms with E-state index in [9.17, 15) is 29.8 Å². The van der Waals surface area contributed by atoms with Crippen molar-refractivity contribution in [2.75, 3.05) is 6.54 Å². The van der Waals surface area contributed by atoms with Gasteiger partial charge in [-0.3, -0.25) is 15.0 Å². The summed E-state index contributed by atoms with van der Waals surface area (Å²) < 4.78 is 4.85. The number of furan rings is 1. The number of nitrogens with one attached hydrogen (secondary N) is 5. The van der Waals surface area contributed by atoms with E-state index in [1.807, 2.05) is 13.8 Å². The Morgan fingerprint density at radius 1 is 1.33 bits per heavy atom. The van der Waals surface area contributed by atoms with E-state index in [0.717, 1.165) is 0 Å². The van der Waals surface area contributed by atoms with E-state index in [-0.39, 0.29) is 30.9 Å². The summed E-state index contributed by atoms with van der Waals surface area (Å²) in [4.78, 5) is 35.3. The first-order valence-electron chi connectivity index (χ1n) is 9.33. The summed E-state index contributed by atoms with van der Waals surface area (Å²) in [6, 6.07) is 0.412. The number of hydrazine groups is 1. The number of carbonyl (C=O) groups is 2. The van der Waals surface area contributed by atoms with Crippen LogP contribution in [-0.4, -0.2) is 58.5 Å². The molecule has 0 aliphatic carbocycles. The Morgan fingerprint density at radius 2 is 2.03 bits per heavy atom. The van der Waals surface area contributed by atoms with Gasteiger partial charge in [-0.15, -0.1) is 0 Å². The summed E-state index contributed by atoms with van der Waals surface area (Å²) in [5.41, 5.74) is 1.85. The molecular weight excluding hydrogens is 399 g/mol. The van der Waals surface area contributed by atoms with Gasteiger partial charge in [0.05, 0.1) is 17.8 Å². The molecule has 2 amide bonds. The molecule has 0 bridgehead atoms. The molecule has 0 unspecified atom stereocenters. The minimum atomic E-state index is -1.77. The second-order valence-corrected chi connectivity index (χ2v) is 7.01. The van der Waals surface area contributed by atoms with Gasteiger partial charge >= 0.3 is 7.12 Å². The lowest BCUT2D eigenvalue weighted by atomic mass is 9.75. The standard InChI is InChI=1S/C16H27BN6O7/c1-10(2)8-13(17(26)27)21-15(25)12(20-14(24)11-5-7-30-9-11)4-3-6-19-16(18)22-23(28)29/h5,7,9-10,12-13,26-27H,3-4,6,8H2,1-2H3,(H,20,24)(H,21,25)(H3,18,19,22)/t12-,13-/m0/s1. The van der Waals surface area contributed by atoms with Crippen molar-refractivity contribution in [1.29, 1.82) is 5.41 Å². The van der Waals surface area contributed by atoms with Gasteiger partial charge in [-0.1, -0.05) is 19.3 Å². The van der Waals surface area contributed by atoms with Crippen LogP contribution >= 0.6 is 0 Å². The van der Waals surface area contributed by atoms with Gasteiger partial charge in [0.15, 0.2) is 5.03 Å². The molecule has 7 N–H and O–H groups in total. The molecule has 2 atom stereocenters. The van der Waals surface area contributed by atoms with Crippen molar-refractivity contribution < 1.29 is 29.1 Å². The average Bonchev–Trinajstić information content (AvgIpc) is 3.17. The summed E-state index contributed by atoms with van der Waals surface area (Å²) in [6.45, 7) is 3.85. The summed E-state index contributed by atoms with van der Waals surface area (Å²) >= 11 is 0. The van der Waals surface area contributed by atoms with Gasteiger partial charge in [0, 0.05) is 6.54 Å². The summed E-state index contributed by atoms with van der Waals surface area (Å²) in [5.74, 6) is -2.50. The number of rotatable bonds is 12. The number of hydrogen-bond acceptors (Lipinski definition) is 8. The normalized spacial score (nSPS) is 12.6. The van der Waals surface area contributed by atoms with Gasteiger partial charge in [-0.05, 0) is 31.2 Å². The Kier molecular flexibility index (Phi) is 10.3. The minimum Gasteiger partial charge on any atom is -0.472 e. The van der Waals surface area contributed by atoms with Gasteiger partial charge < -0.3 is 30.4 Å². The van der Waals surface area contributed by atoms with Crippen LogP contribution in [0.25, 0.3) is 0 Å². The van der Waals surface area contributed by atoms with Crippen LogP contribution in [0, 0.1) is 21.4 Å². The lowest BCUT2D eigenvalue weighted by Crippen LogP contribution is -2.54. The molecule has 0 aliphatic heterocycles. The fourth-order valence-electron chi connectivity index (χ4n) is 2.60. The molecule has 166 valence electrons. The highest BCUT2D eigenvalue weighted by molar-refractivity contribution is 6.43. The highest BCUT2D eigenvalue weighted by Gasteiger charge is 2.30. The van der Waals surface area contributed by atoms with Crippen LogP contribution in [0.15, 0.2) is 23.0 Å². The maximum absolute atomic E-state index is 12.7. The molecule has 0 fully saturated rings. The second kappa shape index (κ2) is 12.4. The van der Waals surface area contributed by atoms with Crippen molar-refractivity contribution in [2.24, 2.45) is 5.92 Å². The van der Waals surface area contributed by atoms with Crippen molar-refractivity contribution >= 4 is 24.9 Å². The number of amides is 2. The van der Waals surface area contributed by atoms with Gasteiger partial charge in [-0.25, -0.2) is 10.1 Å². The molecule has 0 spiro atoms. The van der Waals surface area contributed by atoms with Crippen LogP contribution in [0.5, 0.6) is 0 Å². The molecule has 1 aromatic rings. The van der Waals surface area contributed by atoms with E-state index in [4.69, 9.17) is 9.83 Å². The molecule has 0 saturated heterocycles. The van der Waals surface area contributed by atoms with Crippen molar-refractivity contribution in [3.8, 4) is 0 Å². The SMILES string of the molecule is CC(C)C[C@H](NC(=O)[C@H](CCCNC(=N)N[N+](=O)[O-])NC(=O)c1ccoc1)B(O)O. The van der Waals surface area contributed by atoms with E-state index in [1.165, 1.54) is 18.6 Å². The summed E-state index contributed by atoms with van der Waals surface area (Å²) in [7, 11) is -1.77. The van der Waals surface area contributed by atoms with E-state index >= 15 is 0 Å². The number of guanidine groups is 1. The monoisotopic (exact) mass is 426 g/mol. The highest BCUT2D eigenvalue weighted by atomic mass is 16.7. The van der Waals surface area contributed by atoms with Crippen LogP contribution in [0.4, 0.5) is 0 Å². The molecule has 30 heavy (non-hydrogen) atoms. The topological polar surface area (TPSA) is 203 Å². The molecular formula is C16H27BN6O7. The summed E-state index contributed by atoms with van der Waals surface area (Å²) in [6.07, 6.45) is 3.25. The quantitative estimate of drug-likeness (QED) is 0.0546. The zero-order chi connectivity index (χ0) is 22.7. The van der Waals surface area contributed by atoms with Crippen LogP contribution < -0.4 is 21.4 Å². The predicted octanol–water partition coefficient (Wildman–Crippen LogP) is -0.993. The number of hydrogen-bond donors (Lipinski definition) is 7. The molecule has 1 heterocycles.